The van der Waals surface area contributed by atoms with Crippen molar-refractivity contribution in [1.29, 1.82) is 0 Å². The molecule has 1 aromatic rings. The Kier molecular flexibility index (Phi) is 4.93. The number of carbonyl (C=O) groups excluding carboxylic acids is 2. The van der Waals surface area contributed by atoms with Gasteiger partial charge in [0.1, 0.15) is 5.41 Å². The molecule has 2 saturated carbocycles. The summed E-state index contributed by atoms with van der Waals surface area (Å²) in [5, 5.41) is 3.13. The lowest BCUT2D eigenvalue weighted by molar-refractivity contribution is -0.146. The van der Waals surface area contributed by atoms with E-state index in [1.807, 2.05) is 49.1 Å². The van der Waals surface area contributed by atoms with Gasteiger partial charge in [0, 0.05) is 18.6 Å². The van der Waals surface area contributed by atoms with Gasteiger partial charge < -0.3 is 10.2 Å². The molecule has 2 fully saturated rings. The first kappa shape index (κ1) is 17.0. The van der Waals surface area contributed by atoms with E-state index in [-0.39, 0.29) is 23.9 Å². The van der Waals surface area contributed by atoms with Gasteiger partial charge in [-0.25, -0.2) is 0 Å². The van der Waals surface area contributed by atoms with Gasteiger partial charge in [0.25, 0.3) is 0 Å². The molecule has 4 nitrogen and oxygen atoms in total. The van der Waals surface area contributed by atoms with Gasteiger partial charge in [0.15, 0.2) is 0 Å². The average Bonchev–Trinajstić information content (AvgIpc) is 3.24. The molecule has 0 radical (unpaired) electrons. The molecule has 1 N–H and O–H groups in total. The maximum absolute atomic E-state index is 13.2. The van der Waals surface area contributed by atoms with Crippen LogP contribution in [0.3, 0.4) is 0 Å². The van der Waals surface area contributed by atoms with Crippen molar-refractivity contribution in [3.63, 3.8) is 0 Å². The van der Waals surface area contributed by atoms with E-state index in [0.717, 1.165) is 18.4 Å². The molecule has 0 saturated heterocycles. The van der Waals surface area contributed by atoms with Crippen LogP contribution >= 0.6 is 0 Å². The molecule has 0 aromatic heterocycles. The van der Waals surface area contributed by atoms with Gasteiger partial charge in [-0.1, -0.05) is 43.2 Å². The van der Waals surface area contributed by atoms with E-state index in [1.54, 1.807) is 0 Å². The molecule has 0 bridgehead atoms. The number of carbonyl (C=O) groups is 2. The van der Waals surface area contributed by atoms with E-state index in [4.69, 9.17) is 0 Å². The molecule has 4 heteroatoms. The van der Waals surface area contributed by atoms with Crippen molar-refractivity contribution in [2.75, 3.05) is 0 Å². The van der Waals surface area contributed by atoms with Crippen LogP contribution in [0.5, 0.6) is 0 Å². The first-order valence-corrected chi connectivity index (χ1v) is 9.19. The molecular weight excluding hydrogens is 300 g/mol. The zero-order valence-electron chi connectivity index (χ0n) is 14.8. The van der Waals surface area contributed by atoms with E-state index >= 15 is 0 Å². The first-order chi connectivity index (χ1) is 11.5. The van der Waals surface area contributed by atoms with Crippen molar-refractivity contribution in [3.8, 4) is 0 Å². The summed E-state index contributed by atoms with van der Waals surface area (Å²) in [6.45, 7) is 4.60. The largest absolute Gasteiger partial charge is 0.352 e. The third kappa shape index (κ3) is 3.47. The van der Waals surface area contributed by atoms with Gasteiger partial charge in [0.2, 0.25) is 11.8 Å². The lowest BCUT2D eigenvalue weighted by Crippen LogP contribution is -2.49. The Bertz CT molecular complexity index is 587. The molecule has 2 aliphatic carbocycles. The molecule has 0 heterocycles. The lowest BCUT2D eigenvalue weighted by atomic mass is 10.0. The monoisotopic (exact) mass is 328 g/mol. The quantitative estimate of drug-likeness (QED) is 0.815. The molecule has 24 heavy (non-hydrogen) atoms. The average molecular weight is 328 g/mol. The van der Waals surface area contributed by atoms with Crippen molar-refractivity contribution in [1.82, 2.24) is 10.2 Å². The van der Waals surface area contributed by atoms with Crippen LogP contribution in [0.1, 0.15) is 57.9 Å². The topological polar surface area (TPSA) is 49.4 Å². The Hall–Kier alpha value is -1.84. The molecular formula is C20H28N2O2. The van der Waals surface area contributed by atoms with Crippen molar-refractivity contribution in [3.05, 3.63) is 35.9 Å². The standard InChI is InChI=1S/C20H28N2O2/c1-15(2)22(14-16-8-4-3-5-9-16)19(24)20(12-13-20)18(23)21-17-10-6-7-11-17/h3-5,8-9,15,17H,6-7,10-14H2,1-2H3,(H,21,23). The summed E-state index contributed by atoms with van der Waals surface area (Å²) < 4.78 is 0. The molecule has 0 unspecified atom stereocenters. The number of rotatable bonds is 6. The molecule has 1 aromatic carbocycles. The van der Waals surface area contributed by atoms with Crippen molar-refractivity contribution in [2.45, 2.75) is 71.0 Å². The maximum Gasteiger partial charge on any atom is 0.238 e. The zero-order chi connectivity index (χ0) is 17.2. The maximum atomic E-state index is 13.2. The second-order valence-corrected chi connectivity index (χ2v) is 7.55. The smallest absolute Gasteiger partial charge is 0.238 e. The van der Waals surface area contributed by atoms with E-state index in [9.17, 15) is 9.59 Å². The van der Waals surface area contributed by atoms with Gasteiger partial charge in [-0.3, -0.25) is 9.59 Å². The van der Waals surface area contributed by atoms with Crippen molar-refractivity contribution < 1.29 is 9.59 Å². The fourth-order valence-corrected chi connectivity index (χ4v) is 3.60. The van der Waals surface area contributed by atoms with Gasteiger partial charge in [-0.05, 0) is 45.1 Å². The third-order valence-corrected chi connectivity index (χ3v) is 5.36. The summed E-state index contributed by atoms with van der Waals surface area (Å²) in [7, 11) is 0. The van der Waals surface area contributed by atoms with Crippen LogP contribution in [-0.4, -0.2) is 28.8 Å². The van der Waals surface area contributed by atoms with Gasteiger partial charge in [-0.2, -0.15) is 0 Å². The molecule has 130 valence electrons. The van der Waals surface area contributed by atoms with Crippen molar-refractivity contribution in [2.24, 2.45) is 5.41 Å². The zero-order valence-corrected chi connectivity index (χ0v) is 14.8. The third-order valence-electron chi connectivity index (χ3n) is 5.36. The normalized spacial score (nSPS) is 19.3. The fourth-order valence-electron chi connectivity index (χ4n) is 3.60. The van der Waals surface area contributed by atoms with Gasteiger partial charge in [-0.15, -0.1) is 0 Å². The Morgan fingerprint density at radius 3 is 2.33 bits per heavy atom. The van der Waals surface area contributed by atoms with Crippen LogP contribution in [0.25, 0.3) is 0 Å². The fraction of sp³-hybridized carbons (Fsp3) is 0.600. The van der Waals surface area contributed by atoms with Crippen LogP contribution in [0.15, 0.2) is 30.3 Å². The van der Waals surface area contributed by atoms with Gasteiger partial charge in [0.05, 0.1) is 0 Å². The number of benzene rings is 1. The molecule has 0 aliphatic heterocycles. The Balaban J connectivity index is 1.70. The first-order valence-electron chi connectivity index (χ1n) is 9.19. The minimum atomic E-state index is -0.804. The minimum absolute atomic E-state index is 0.00292. The SMILES string of the molecule is CC(C)N(Cc1ccccc1)C(=O)C1(C(=O)NC2CCCC2)CC1. The lowest BCUT2D eigenvalue weighted by Gasteiger charge is -2.31. The summed E-state index contributed by atoms with van der Waals surface area (Å²) in [6, 6.07) is 10.3. The van der Waals surface area contributed by atoms with E-state index in [2.05, 4.69) is 5.32 Å². The number of hydrogen-bond acceptors (Lipinski definition) is 2. The van der Waals surface area contributed by atoms with E-state index in [1.165, 1.54) is 12.8 Å². The molecule has 2 amide bonds. The number of nitrogens with one attached hydrogen (secondary N) is 1. The molecule has 0 atom stereocenters. The molecule has 2 aliphatic rings. The van der Waals surface area contributed by atoms with Crippen LogP contribution < -0.4 is 5.32 Å². The highest BCUT2D eigenvalue weighted by molar-refractivity contribution is 6.08. The summed E-state index contributed by atoms with van der Waals surface area (Å²) in [5.74, 6) is -0.0463. The molecule has 3 rings (SSSR count). The number of nitrogens with zero attached hydrogens (tertiary/aromatic N) is 1. The predicted molar refractivity (Wildman–Crippen MR) is 94.2 cm³/mol. The summed E-state index contributed by atoms with van der Waals surface area (Å²) in [6.07, 6.45) is 5.82. The minimum Gasteiger partial charge on any atom is -0.352 e. The van der Waals surface area contributed by atoms with Crippen LogP contribution in [0.2, 0.25) is 0 Å². The summed E-state index contributed by atoms with van der Waals surface area (Å²) >= 11 is 0. The summed E-state index contributed by atoms with van der Waals surface area (Å²) in [5.41, 5.74) is 0.299. The van der Waals surface area contributed by atoms with Gasteiger partial charge >= 0.3 is 0 Å². The van der Waals surface area contributed by atoms with Crippen LogP contribution in [0, 0.1) is 5.41 Å². The van der Waals surface area contributed by atoms with Crippen molar-refractivity contribution >= 4 is 11.8 Å². The highest BCUT2D eigenvalue weighted by atomic mass is 16.2. The van der Waals surface area contributed by atoms with E-state index in [0.29, 0.717) is 19.4 Å². The molecule has 0 spiro atoms. The van der Waals surface area contributed by atoms with Crippen LogP contribution in [-0.2, 0) is 16.1 Å². The Morgan fingerprint density at radius 1 is 1.17 bits per heavy atom. The van der Waals surface area contributed by atoms with E-state index < -0.39 is 5.41 Å². The summed E-state index contributed by atoms with van der Waals surface area (Å²) in [4.78, 5) is 27.8. The Labute approximate surface area is 144 Å². The second kappa shape index (κ2) is 6.96. The highest BCUT2D eigenvalue weighted by Crippen LogP contribution is 2.48. The highest BCUT2D eigenvalue weighted by Gasteiger charge is 2.58. The predicted octanol–water partition coefficient (Wildman–Crippen LogP) is 3.26. The number of amides is 2. The van der Waals surface area contributed by atoms with Crippen LogP contribution in [0.4, 0.5) is 0 Å². The number of hydrogen-bond donors (Lipinski definition) is 1. The second-order valence-electron chi connectivity index (χ2n) is 7.55. The Morgan fingerprint density at radius 2 is 1.79 bits per heavy atom.